The lowest BCUT2D eigenvalue weighted by molar-refractivity contribution is -0.127. The van der Waals surface area contributed by atoms with E-state index in [0.717, 1.165) is 69.6 Å². The van der Waals surface area contributed by atoms with Crippen molar-refractivity contribution >= 4 is 28.8 Å². The molecule has 5 rings (SSSR count). The predicted octanol–water partition coefficient (Wildman–Crippen LogP) is 5.39. The molecule has 8 heteroatoms. The van der Waals surface area contributed by atoms with E-state index in [0.29, 0.717) is 11.4 Å². The number of amides is 1. The number of nitrogens with zero attached hydrogens (tertiary/aromatic N) is 5. The highest BCUT2D eigenvalue weighted by Crippen LogP contribution is 2.42. The van der Waals surface area contributed by atoms with E-state index in [1.807, 2.05) is 35.1 Å². The minimum atomic E-state index is 0.0477. The van der Waals surface area contributed by atoms with Gasteiger partial charge in [-0.3, -0.25) is 9.78 Å². The van der Waals surface area contributed by atoms with Gasteiger partial charge in [0.2, 0.25) is 5.91 Å². The average molecular weight is 492 g/mol. The summed E-state index contributed by atoms with van der Waals surface area (Å²) in [7, 11) is 3.55. The summed E-state index contributed by atoms with van der Waals surface area (Å²) in [6.07, 6.45) is 5.83. The molecular formula is C26H26ClN5OS. The van der Waals surface area contributed by atoms with Crippen molar-refractivity contribution in [3.63, 3.8) is 0 Å². The third kappa shape index (κ3) is 4.14. The number of hydrogen-bond acceptors (Lipinski definition) is 5. The van der Waals surface area contributed by atoms with Crippen LogP contribution in [0, 0.1) is 0 Å². The first-order chi connectivity index (χ1) is 16.5. The number of aryl methyl sites for hydroxylation is 2. The Hall–Kier alpha value is -3.03. The predicted molar refractivity (Wildman–Crippen MR) is 137 cm³/mol. The molecule has 3 heterocycles. The Bertz CT molecular complexity index is 1360. The summed E-state index contributed by atoms with van der Waals surface area (Å²) >= 11 is 8.23. The molecule has 0 saturated carbocycles. The van der Waals surface area contributed by atoms with Gasteiger partial charge in [0.1, 0.15) is 5.01 Å². The number of fused-ring (bicyclic) bond motifs is 3. The van der Waals surface area contributed by atoms with Crippen LogP contribution in [0.3, 0.4) is 0 Å². The largest absolute Gasteiger partial charge is 0.348 e. The SMILES string of the molecule is CCc1ccc(-c2nn(-c3ccccc3Cl)c3c2CCCc2nc(CC(=O)N(C)C)sc2-3)cn1. The highest BCUT2D eigenvalue weighted by Gasteiger charge is 2.29. The molecule has 1 aliphatic carbocycles. The monoisotopic (exact) mass is 491 g/mol. The molecule has 0 saturated heterocycles. The molecular weight excluding hydrogens is 466 g/mol. The third-order valence-corrected chi connectivity index (χ3v) is 7.55. The van der Waals surface area contributed by atoms with Crippen LogP contribution in [-0.2, 0) is 30.5 Å². The van der Waals surface area contributed by atoms with Crippen molar-refractivity contribution in [2.24, 2.45) is 0 Å². The number of pyridine rings is 1. The summed E-state index contributed by atoms with van der Waals surface area (Å²) in [4.78, 5) is 24.5. The Morgan fingerprint density at radius 1 is 1.18 bits per heavy atom. The van der Waals surface area contributed by atoms with Crippen LogP contribution in [0.25, 0.3) is 27.5 Å². The Balaban J connectivity index is 1.71. The van der Waals surface area contributed by atoms with Crippen LogP contribution in [0.2, 0.25) is 5.02 Å². The molecule has 34 heavy (non-hydrogen) atoms. The van der Waals surface area contributed by atoms with Crippen molar-refractivity contribution in [3.8, 4) is 27.5 Å². The van der Waals surface area contributed by atoms with Gasteiger partial charge in [-0.05, 0) is 49.9 Å². The number of benzene rings is 1. The fourth-order valence-corrected chi connectivity index (χ4v) is 5.65. The second kappa shape index (κ2) is 9.31. The van der Waals surface area contributed by atoms with Crippen LogP contribution in [-0.4, -0.2) is 44.7 Å². The van der Waals surface area contributed by atoms with Gasteiger partial charge in [0, 0.05) is 37.1 Å². The van der Waals surface area contributed by atoms with E-state index in [4.69, 9.17) is 21.7 Å². The van der Waals surface area contributed by atoms with Crippen molar-refractivity contribution in [2.45, 2.75) is 39.0 Å². The van der Waals surface area contributed by atoms with Crippen molar-refractivity contribution in [1.82, 2.24) is 24.6 Å². The molecule has 0 aliphatic heterocycles. The van der Waals surface area contributed by atoms with Gasteiger partial charge >= 0.3 is 0 Å². The minimum Gasteiger partial charge on any atom is -0.348 e. The standard InChI is InChI=1S/C26H26ClN5OS/c1-4-17-13-12-16(15-28-17)24-18-8-7-10-20-26(34-22(29-20)14-23(33)31(2)3)25(18)32(30-24)21-11-6-5-9-19(21)27/h5-6,9,11-13,15H,4,7-8,10,14H2,1-3H3. The van der Waals surface area contributed by atoms with Gasteiger partial charge in [-0.1, -0.05) is 30.7 Å². The van der Waals surface area contributed by atoms with Gasteiger partial charge < -0.3 is 4.90 Å². The zero-order chi connectivity index (χ0) is 23.8. The van der Waals surface area contributed by atoms with Crippen molar-refractivity contribution in [1.29, 1.82) is 0 Å². The molecule has 1 amide bonds. The quantitative estimate of drug-likeness (QED) is 0.375. The second-order valence-corrected chi connectivity index (χ2v) is 10.1. The highest BCUT2D eigenvalue weighted by molar-refractivity contribution is 7.15. The summed E-state index contributed by atoms with van der Waals surface area (Å²) in [5.74, 6) is 0.0477. The maximum atomic E-state index is 12.4. The van der Waals surface area contributed by atoms with E-state index < -0.39 is 0 Å². The van der Waals surface area contributed by atoms with Crippen molar-refractivity contribution < 1.29 is 4.79 Å². The highest BCUT2D eigenvalue weighted by atomic mass is 35.5. The maximum absolute atomic E-state index is 12.4. The Morgan fingerprint density at radius 2 is 2.00 bits per heavy atom. The minimum absolute atomic E-state index is 0.0477. The summed E-state index contributed by atoms with van der Waals surface area (Å²) < 4.78 is 1.96. The van der Waals surface area contributed by atoms with Crippen LogP contribution in [0.1, 0.15) is 35.3 Å². The van der Waals surface area contributed by atoms with E-state index in [1.54, 1.807) is 30.3 Å². The second-order valence-electron chi connectivity index (χ2n) is 8.63. The maximum Gasteiger partial charge on any atom is 0.228 e. The fraction of sp³-hybridized carbons (Fsp3) is 0.308. The van der Waals surface area contributed by atoms with E-state index in [1.165, 1.54) is 5.56 Å². The average Bonchev–Trinajstić information content (AvgIpc) is 3.35. The lowest BCUT2D eigenvalue weighted by Crippen LogP contribution is -2.23. The molecule has 0 N–H and O–H groups in total. The molecule has 1 aromatic carbocycles. The molecule has 0 atom stereocenters. The lowest BCUT2D eigenvalue weighted by Gasteiger charge is -2.09. The summed E-state index contributed by atoms with van der Waals surface area (Å²) in [5.41, 5.74) is 7.05. The van der Waals surface area contributed by atoms with Crippen molar-refractivity contribution in [3.05, 3.63) is 69.6 Å². The first kappa shape index (κ1) is 22.7. The number of thiazole rings is 1. The molecule has 174 valence electrons. The van der Waals surface area contributed by atoms with Crippen LogP contribution in [0.4, 0.5) is 0 Å². The molecule has 0 radical (unpaired) electrons. The first-order valence-corrected chi connectivity index (χ1v) is 12.7. The smallest absolute Gasteiger partial charge is 0.228 e. The molecule has 0 spiro atoms. The van der Waals surface area contributed by atoms with E-state index in [-0.39, 0.29) is 5.91 Å². The molecule has 0 bridgehead atoms. The summed E-state index contributed by atoms with van der Waals surface area (Å²) in [5, 5.41) is 6.55. The molecule has 3 aromatic heterocycles. The summed E-state index contributed by atoms with van der Waals surface area (Å²) in [6, 6.07) is 11.9. The van der Waals surface area contributed by atoms with Gasteiger partial charge in [0.05, 0.1) is 39.1 Å². The number of hydrogen-bond donors (Lipinski definition) is 0. The van der Waals surface area contributed by atoms with Gasteiger partial charge in [-0.2, -0.15) is 5.10 Å². The number of carbonyl (C=O) groups is 1. The van der Waals surface area contributed by atoms with Crippen LogP contribution in [0.5, 0.6) is 0 Å². The van der Waals surface area contributed by atoms with Gasteiger partial charge in [-0.15, -0.1) is 11.3 Å². The van der Waals surface area contributed by atoms with Gasteiger partial charge in [0.15, 0.2) is 0 Å². The number of likely N-dealkylation sites (N-methyl/N-ethyl adjacent to an activating group) is 1. The van der Waals surface area contributed by atoms with Crippen molar-refractivity contribution in [2.75, 3.05) is 14.1 Å². The Kier molecular flexibility index (Phi) is 6.23. The van der Waals surface area contributed by atoms with Gasteiger partial charge in [-0.25, -0.2) is 9.67 Å². The topological polar surface area (TPSA) is 63.9 Å². The Labute approximate surface area is 208 Å². The molecule has 1 aliphatic rings. The molecule has 0 fully saturated rings. The fourth-order valence-electron chi connectivity index (χ4n) is 4.27. The number of carbonyl (C=O) groups excluding carboxylic acids is 1. The molecule has 0 unspecified atom stereocenters. The van der Waals surface area contributed by atoms with Crippen LogP contribution in [0.15, 0.2) is 42.6 Å². The summed E-state index contributed by atoms with van der Waals surface area (Å²) in [6.45, 7) is 2.10. The molecule has 6 nitrogen and oxygen atoms in total. The third-order valence-electron chi connectivity index (χ3n) is 6.12. The van der Waals surface area contributed by atoms with Crippen LogP contribution >= 0.6 is 22.9 Å². The Morgan fingerprint density at radius 3 is 2.71 bits per heavy atom. The zero-order valence-electron chi connectivity index (χ0n) is 19.5. The number of halogens is 1. The zero-order valence-corrected chi connectivity index (χ0v) is 21.1. The van der Waals surface area contributed by atoms with E-state index >= 15 is 0 Å². The normalized spacial score (nSPS) is 12.7. The number of aromatic nitrogens is 4. The lowest BCUT2D eigenvalue weighted by atomic mass is 10.0. The first-order valence-electron chi connectivity index (χ1n) is 11.5. The number of para-hydroxylation sites is 1. The van der Waals surface area contributed by atoms with Crippen LogP contribution < -0.4 is 0 Å². The number of rotatable bonds is 5. The van der Waals surface area contributed by atoms with E-state index in [2.05, 4.69) is 24.0 Å². The molecule has 4 aromatic rings. The van der Waals surface area contributed by atoms with Gasteiger partial charge in [0.25, 0.3) is 0 Å². The van der Waals surface area contributed by atoms with E-state index in [9.17, 15) is 4.79 Å².